The number of hydrogen-bond donors (Lipinski definition) is 1. The number of aromatic amines is 1. The largest absolute Gasteiger partial charge is 0.349 e. The van der Waals surface area contributed by atoms with E-state index in [9.17, 15) is 0 Å². The maximum absolute atomic E-state index is 4.01. The first-order valence-electron chi connectivity index (χ1n) is 8.56. The quantitative estimate of drug-likeness (QED) is 0.822. The number of aromatic nitrogens is 1. The van der Waals surface area contributed by atoms with Crippen LogP contribution in [0.5, 0.6) is 0 Å². The molecule has 0 atom stereocenters. The number of rotatable bonds is 4. The molecule has 0 spiro atoms. The van der Waals surface area contributed by atoms with Crippen LogP contribution in [0.3, 0.4) is 0 Å². The maximum Gasteiger partial charge on any atom is 0.0863 e. The molecule has 3 heteroatoms. The number of nitrogens with zero attached hydrogens (tertiary/aromatic N) is 1. The van der Waals surface area contributed by atoms with Gasteiger partial charge < -0.3 is 9.88 Å². The summed E-state index contributed by atoms with van der Waals surface area (Å²) in [6.45, 7) is 7.34. The van der Waals surface area contributed by atoms with Gasteiger partial charge in [-0.2, -0.15) is 0 Å². The van der Waals surface area contributed by atoms with Crippen molar-refractivity contribution < 1.29 is 0 Å². The Balaban J connectivity index is 1.62. The number of benzene rings is 1. The summed E-state index contributed by atoms with van der Waals surface area (Å²) in [5.74, 6) is 1.63. The van der Waals surface area contributed by atoms with Crippen LogP contribution in [0.1, 0.15) is 42.7 Å². The predicted molar refractivity (Wildman–Crippen MR) is 96.2 cm³/mol. The first-order valence-corrected chi connectivity index (χ1v) is 9.35. The van der Waals surface area contributed by atoms with Gasteiger partial charge in [-0.05, 0) is 110 Å². The first kappa shape index (κ1) is 14.8. The Morgan fingerprint density at radius 3 is 2.64 bits per heavy atom. The molecule has 1 saturated carbocycles. The molecule has 1 aromatic carbocycles. The van der Waals surface area contributed by atoms with Gasteiger partial charge in [-0.25, -0.2) is 0 Å². The van der Waals surface area contributed by atoms with Gasteiger partial charge in [0, 0.05) is 10.9 Å². The predicted octanol–water partition coefficient (Wildman–Crippen LogP) is 4.90. The highest BCUT2D eigenvalue weighted by molar-refractivity contribution is 9.10. The third-order valence-corrected chi connectivity index (χ3v) is 6.12. The van der Waals surface area contributed by atoms with Crippen LogP contribution >= 0.6 is 15.9 Å². The number of likely N-dealkylation sites (tertiary alicyclic amines) is 1. The topological polar surface area (TPSA) is 19.0 Å². The maximum atomic E-state index is 4.01. The molecule has 2 nitrogen and oxygen atoms in total. The summed E-state index contributed by atoms with van der Waals surface area (Å²) >= 11 is 3.73. The summed E-state index contributed by atoms with van der Waals surface area (Å²) in [4.78, 5) is 5.97. The van der Waals surface area contributed by atoms with E-state index in [2.05, 4.69) is 50.9 Å². The fourth-order valence-corrected chi connectivity index (χ4v) is 4.38. The molecule has 1 radical (unpaired) electrons. The highest BCUT2D eigenvalue weighted by atomic mass is 79.9. The van der Waals surface area contributed by atoms with Gasteiger partial charge in [-0.15, -0.1) is 0 Å². The van der Waals surface area contributed by atoms with Crippen molar-refractivity contribution in [1.82, 2.24) is 9.88 Å². The van der Waals surface area contributed by atoms with Crippen LogP contribution in [0.2, 0.25) is 0 Å². The molecule has 2 aromatic rings. The van der Waals surface area contributed by atoms with Gasteiger partial charge in [0.25, 0.3) is 0 Å². The molecular formula is C19H24BrN2. The normalized spacial score (nSPS) is 20.8. The second kappa shape index (κ2) is 6.01. The molecule has 4 rings (SSSR count). The zero-order valence-electron chi connectivity index (χ0n) is 13.1. The first-order chi connectivity index (χ1) is 10.7. The molecule has 1 aromatic heterocycles. The Labute approximate surface area is 141 Å². The van der Waals surface area contributed by atoms with Gasteiger partial charge in [0.1, 0.15) is 0 Å². The molecule has 1 saturated heterocycles. The molecule has 2 heterocycles. The van der Waals surface area contributed by atoms with Crippen LogP contribution in [0, 0.1) is 12.8 Å². The summed E-state index contributed by atoms with van der Waals surface area (Å²) < 4.78 is 1.19. The number of fused-ring (bicyclic) bond motifs is 1. The van der Waals surface area contributed by atoms with Crippen molar-refractivity contribution in [3.05, 3.63) is 40.9 Å². The van der Waals surface area contributed by atoms with Crippen molar-refractivity contribution in [3.8, 4) is 0 Å². The lowest BCUT2D eigenvalue weighted by molar-refractivity contribution is 0.232. The fourth-order valence-electron chi connectivity index (χ4n) is 3.79. The smallest absolute Gasteiger partial charge is 0.0863 e. The number of hydrogen-bond acceptors (Lipinski definition) is 1. The second-order valence-corrected chi connectivity index (χ2v) is 7.78. The monoisotopic (exact) mass is 359 g/mol. The van der Waals surface area contributed by atoms with Gasteiger partial charge in [0.05, 0.1) is 4.60 Å². The number of halogens is 1. The highest BCUT2D eigenvalue weighted by Gasteiger charge is 2.25. The Morgan fingerprint density at radius 2 is 1.95 bits per heavy atom. The lowest BCUT2D eigenvalue weighted by Crippen LogP contribution is -2.32. The van der Waals surface area contributed by atoms with E-state index in [1.807, 2.05) is 0 Å². The molecule has 22 heavy (non-hydrogen) atoms. The van der Waals surface area contributed by atoms with Crippen molar-refractivity contribution in [3.63, 3.8) is 0 Å². The Bertz CT molecular complexity index is 663. The van der Waals surface area contributed by atoms with Crippen LogP contribution < -0.4 is 0 Å². The van der Waals surface area contributed by atoms with E-state index < -0.39 is 0 Å². The minimum absolute atomic E-state index is 0.717. The third kappa shape index (κ3) is 2.85. The Hall–Kier alpha value is -0.800. The van der Waals surface area contributed by atoms with Crippen molar-refractivity contribution in [2.75, 3.05) is 19.6 Å². The van der Waals surface area contributed by atoms with Crippen molar-refractivity contribution >= 4 is 26.8 Å². The van der Waals surface area contributed by atoms with Crippen LogP contribution in [0.4, 0.5) is 0 Å². The third-order valence-electron chi connectivity index (χ3n) is 5.44. The van der Waals surface area contributed by atoms with Crippen LogP contribution in [-0.4, -0.2) is 29.5 Å². The standard InChI is InChI=1S/C19H24BrN2/c1-2-22-9-7-14(8-10-22)15-5-6-18-16(12-15)17(19(20)21-18)11-13-3-4-13/h5-6,12-14,21H,1-4,7-11H2. The van der Waals surface area contributed by atoms with Crippen molar-refractivity contribution in [1.29, 1.82) is 0 Å². The van der Waals surface area contributed by atoms with Crippen LogP contribution in [-0.2, 0) is 6.42 Å². The summed E-state index contributed by atoms with van der Waals surface area (Å²) in [5.41, 5.74) is 4.30. The van der Waals surface area contributed by atoms with E-state index >= 15 is 0 Å². The van der Waals surface area contributed by atoms with Crippen LogP contribution in [0.25, 0.3) is 10.9 Å². The Kier molecular flexibility index (Phi) is 4.04. The van der Waals surface area contributed by atoms with Gasteiger partial charge in [0.2, 0.25) is 0 Å². The van der Waals surface area contributed by atoms with E-state index in [1.54, 1.807) is 0 Å². The van der Waals surface area contributed by atoms with E-state index in [-0.39, 0.29) is 0 Å². The SMILES string of the molecule is [CH2]CN1CCC(c2ccc3[nH]c(Br)c(CC4CC4)c3c2)CC1. The zero-order valence-corrected chi connectivity index (χ0v) is 14.7. The molecule has 0 bridgehead atoms. The summed E-state index contributed by atoms with van der Waals surface area (Å²) in [6, 6.07) is 7.06. The van der Waals surface area contributed by atoms with E-state index in [1.165, 1.54) is 71.8 Å². The van der Waals surface area contributed by atoms with Crippen molar-refractivity contribution in [2.24, 2.45) is 5.92 Å². The molecule has 1 N–H and O–H groups in total. The number of nitrogens with one attached hydrogen (secondary N) is 1. The van der Waals surface area contributed by atoms with Gasteiger partial charge in [-0.1, -0.05) is 6.07 Å². The average molecular weight is 360 g/mol. The minimum Gasteiger partial charge on any atom is -0.349 e. The molecule has 1 aliphatic carbocycles. The lowest BCUT2D eigenvalue weighted by atomic mass is 9.88. The molecule has 0 unspecified atom stereocenters. The molecule has 117 valence electrons. The second-order valence-electron chi connectivity index (χ2n) is 6.99. The average Bonchev–Trinajstić information content (AvgIpc) is 3.32. The van der Waals surface area contributed by atoms with Gasteiger partial charge >= 0.3 is 0 Å². The number of H-pyrrole nitrogens is 1. The van der Waals surface area contributed by atoms with Crippen molar-refractivity contribution in [2.45, 2.75) is 38.0 Å². The van der Waals surface area contributed by atoms with Gasteiger partial charge in [-0.3, -0.25) is 0 Å². The zero-order chi connectivity index (χ0) is 15.1. The van der Waals surface area contributed by atoms with E-state index in [4.69, 9.17) is 0 Å². The van der Waals surface area contributed by atoms with E-state index in [0.29, 0.717) is 0 Å². The molecule has 2 aliphatic rings. The summed E-state index contributed by atoms with van der Waals surface area (Å²) in [5, 5.41) is 1.44. The lowest BCUT2D eigenvalue weighted by Gasteiger charge is -2.31. The molecule has 0 amide bonds. The highest BCUT2D eigenvalue weighted by Crippen LogP contribution is 2.39. The Morgan fingerprint density at radius 1 is 1.18 bits per heavy atom. The molecular weight excluding hydrogens is 336 g/mol. The summed E-state index contributed by atoms with van der Waals surface area (Å²) in [7, 11) is 0. The van der Waals surface area contributed by atoms with Gasteiger partial charge in [0.15, 0.2) is 0 Å². The molecule has 1 aliphatic heterocycles. The summed E-state index contributed by atoms with van der Waals surface area (Å²) in [6.07, 6.45) is 6.57. The number of piperidine rings is 1. The minimum atomic E-state index is 0.717. The fraction of sp³-hybridized carbons (Fsp3) is 0.526. The van der Waals surface area contributed by atoms with E-state index in [0.717, 1.165) is 18.4 Å². The van der Waals surface area contributed by atoms with Crippen LogP contribution in [0.15, 0.2) is 22.8 Å². The molecule has 2 fully saturated rings.